The zero-order valence-electron chi connectivity index (χ0n) is 22.8. The SMILES string of the molecule is c1ccc(-c2ccc(N(c3cccc4ccccc34)c3cc(-c4cccc5scnc45)cc4ccccc34)cc2)cc1. The third-order valence-electron chi connectivity index (χ3n) is 7.99. The van der Waals surface area contributed by atoms with Gasteiger partial charge < -0.3 is 4.90 Å². The highest BCUT2D eigenvalue weighted by molar-refractivity contribution is 7.16. The Morgan fingerprint density at radius 3 is 1.98 bits per heavy atom. The first kappa shape index (κ1) is 24.5. The molecule has 0 fully saturated rings. The van der Waals surface area contributed by atoms with Crippen LogP contribution in [-0.2, 0) is 0 Å². The molecule has 0 aliphatic carbocycles. The Labute approximate surface area is 248 Å². The van der Waals surface area contributed by atoms with Crippen molar-refractivity contribution in [2.24, 2.45) is 0 Å². The summed E-state index contributed by atoms with van der Waals surface area (Å²) in [6, 6.07) is 54.5. The van der Waals surface area contributed by atoms with Gasteiger partial charge in [-0.3, -0.25) is 0 Å². The highest BCUT2D eigenvalue weighted by Gasteiger charge is 2.20. The number of nitrogens with zero attached hydrogens (tertiary/aromatic N) is 2. The van der Waals surface area contributed by atoms with E-state index in [-0.39, 0.29) is 0 Å². The molecule has 0 radical (unpaired) electrons. The Bertz CT molecular complexity index is 2190. The molecule has 0 saturated carbocycles. The zero-order chi connectivity index (χ0) is 27.9. The highest BCUT2D eigenvalue weighted by atomic mass is 32.1. The Morgan fingerprint density at radius 1 is 0.476 bits per heavy atom. The molecule has 0 aliphatic rings. The topological polar surface area (TPSA) is 16.1 Å². The van der Waals surface area contributed by atoms with Crippen LogP contribution in [0.15, 0.2) is 157 Å². The predicted molar refractivity (Wildman–Crippen MR) is 180 cm³/mol. The van der Waals surface area contributed by atoms with E-state index < -0.39 is 0 Å². The van der Waals surface area contributed by atoms with Crippen molar-refractivity contribution in [3.8, 4) is 22.3 Å². The number of fused-ring (bicyclic) bond motifs is 3. The third kappa shape index (κ3) is 4.23. The lowest BCUT2D eigenvalue weighted by Gasteiger charge is -2.29. The molecule has 0 saturated heterocycles. The fourth-order valence-electron chi connectivity index (χ4n) is 6.00. The number of rotatable bonds is 5. The van der Waals surface area contributed by atoms with Gasteiger partial charge in [0, 0.05) is 22.0 Å². The molecular formula is C39H26N2S. The molecule has 8 aromatic rings. The largest absolute Gasteiger partial charge is 0.309 e. The van der Waals surface area contributed by atoms with E-state index in [2.05, 4.69) is 157 Å². The maximum absolute atomic E-state index is 4.75. The minimum atomic E-state index is 1.05. The molecule has 1 heterocycles. The normalized spacial score (nSPS) is 11.3. The van der Waals surface area contributed by atoms with Crippen LogP contribution < -0.4 is 4.90 Å². The number of hydrogen-bond acceptors (Lipinski definition) is 3. The molecule has 7 aromatic carbocycles. The van der Waals surface area contributed by atoms with Gasteiger partial charge in [0.1, 0.15) is 0 Å². The molecule has 1 aromatic heterocycles. The van der Waals surface area contributed by atoms with E-state index in [1.54, 1.807) is 11.3 Å². The number of aromatic nitrogens is 1. The summed E-state index contributed by atoms with van der Waals surface area (Å²) < 4.78 is 1.20. The second-order valence-electron chi connectivity index (χ2n) is 10.5. The average molecular weight is 555 g/mol. The van der Waals surface area contributed by atoms with Crippen LogP contribution in [0.5, 0.6) is 0 Å². The summed E-state index contributed by atoms with van der Waals surface area (Å²) in [7, 11) is 0. The lowest BCUT2D eigenvalue weighted by Crippen LogP contribution is -2.11. The van der Waals surface area contributed by atoms with Gasteiger partial charge in [0.25, 0.3) is 0 Å². The molecule has 0 aliphatic heterocycles. The Kier molecular flexibility index (Phi) is 6.02. The van der Waals surface area contributed by atoms with Crippen LogP contribution in [0.4, 0.5) is 17.1 Å². The first-order chi connectivity index (χ1) is 20.8. The molecule has 0 spiro atoms. The first-order valence-electron chi connectivity index (χ1n) is 14.1. The van der Waals surface area contributed by atoms with Crippen LogP contribution in [0.3, 0.4) is 0 Å². The minimum absolute atomic E-state index is 1.05. The van der Waals surface area contributed by atoms with Gasteiger partial charge in [-0.05, 0) is 63.9 Å². The zero-order valence-corrected chi connectivity index (χ0v) is 23.6. The first-order valence-corrected chi connectivity index (χ1v) is 15.0. The molecule has 0 amide bonds. The number of para-hydroxylation sites is 1. The van der Waals surface area contributed by atoms with Gasteiger partial charge in [-0.15, -0.1) is 11.3 Å². The second-order valence-corrected chi connectivity index (χ2v) is 11.4. The molecule has 0 unspecified atom stereocenters. The minimum Gasteiger partial charge on any atom is -0.309 e. The third-order valence-corrected chi connectivity index (χ3v) is 8.79. The number of hydrogen-bond donors (Lipinski definition) is 0. The van der Waals surface area contributed by atoms with Crippen molar-refractivity contribution < 1.29 is 0 Å². The highest BCUT2D eigenvalue weighted by Crippen LogP contribution is 2.45. The Morgan fingerprint density at radius 2 is 1.14 bits per heavy atom. The van der Waals surface area contributed by atoms with Gasteiger partial charge in [0.2, 0.25) is 0 Å². The van der Waals surface area contributed by atoms with Gasteiger partial charge in [-0.1, -0.05) is 115 Å². The predicted octanol–water partition coefficient (Wildman–Crippen LogP) is 11.4. The summed E-state index contributed by atoms with van der Waals surface area (Å²) in [6.07, 6.45) is 0. The second kappa shape index (κ2) is 10.3. The maximum atomic E-state index is 4.75. The van der Waals surface area contributed by atoms with Gasteiger partial charge in [-0.2, -0.15) is 0 Å². The van der Waals surface area contributed by atoms with E-state index in [0.717, 1.165) is 33.7 Å². The van der Waals surface area contributed by atoms with Gasteiger partial charge in [0.15, 0.2) is 0 Å². The number of thiazole rings is 1. The van der Waals surface area contributed by atoms with Crippen LogP contribution in [0.2, 0.25) is 0 Å². The van der Waals surface area contributed by atoms with Crippen LogP contribution in [0.1, 0.15) is 0 Å². The monoisotopic (exact) mass is 554 g/mol. The molecule has 3 heteroatoms. The standard InChI is InChI=1S/C39H26N2S/c1-2-10-27(11-3-1)28-20-22-32(23-21-28)41(36-18-8-14-29-12-4-6-15-33(29)36)37-25-31(24-30-13-5-7-16-34(30)37)35-17-9-19-38-39(35)40-26-42-38/h1-26H. The maximum Gasteiger partial charge on any atom is 0.0890 e. The molecule has 2 nitrogen and oxygen atoms in total. The van der Waals surface area contributed by atoms with Gasteiger partial charge >= 0.3 is 0 Å². The Hall–Kier alpha value is -5.25. The van der Waals surface area contributed by atoms with Crippen molar-refractivity contribution >= 4 is 60.2 Å². The lowest BCUT2D eigenvalue weighted by molar-refractivity contribution is 1.31. The fourth-order valence-corrected chi connectivity index (χ4v) is 6.70. The van der Waals surface area contributed by atoms with Crippen LogP contribution in [0.25, 0.3) is 54.0 Å². The van der Waals surface area contributed by atoms with Gasteiger partial charge in [-0.25, -0.2) is 4.98 Å². The van der Waals surface area contributed by atoms with Crippen molar-refractivity contribution in [2.45, 2.75) is 0 Å². The van der Waals surface area contributed by atoms with E-state index >= 15 is 0 Å². The summed E-state index contributed by atoms with van der Waals surface area (Å²) >= 11 is 1.68. The van der Waals surface area contributed by atoms with Crippen LogP contribution in [0, 0.1) is 0 Å². The lowest BCUT2D eigenvalue weighted by atomic mass is 9.97. The van der Waals surface area contributed by atoms with Crippen molar-refractivity contribution in [3.05, 3.63) is 157 Å². The van der Waals surface area contributed by atoms with Crippen LogP contribution in [-0.4, -0.2) is 4.98 Å². The molecule has 0 atom stereocenters. The van der Waals surface area contributed by atoms with Crippen molar-refractivity contribution in [3.63, 3.8) is 0 Å². The van der Waals surface area contributed by atoms with E-state index in [1.165, 1.54) is 37.4 Å². The summed E-state index contributed by atoms with van der Waals surface area (Å²) in [5.74, 6) is 0. The van der Waals surface area contributed by atoms with Crippen molar-refractivity contribution in [1.82, 2.24) is 4.98 Å². The smallest absolute Gasteiger partial charge is 0.0890 e. The number of benzene rings is 7. The molecule has 0 bridgehead atoms. The average Bonchev–Trinajstić information content (AvgIpc) is 3.55. The van der Waals surface area contributed by atoms with E-state index in [4.69, 9.17) is 4.98 Å². The molecule has 0 N–H and O–H groups in total. The van der Waals surface area contributed by atoms with Crippen LogP contribution >= 0.6 is 11.3 Å². The fraction of sp³-hybridized carbons (Fsp3) is 0. The summed E-state index contributed by atoms with van der Waals surface area (Å²) in [5, 5.41) is 4.83. The number of anilines is 3. The van der Waals surface area contributed by atoms with Gasteiger partial charge in [0.05, 0.1) is 27.1 Å². The molecule has 198 valence electrons. The molecule has 42 heavy (non-hydrogen) atoms. The van der Waals surface area contributed by atoms with E-state index in [1.807, 2.05) is 5.51 Å². The molecular weight excluding hydrogens is 529 g/mol. The summed E-state index contributed by atoms with van der Waals surface area (Å²) in [5.41, 5.74) is 11.1. The van der Waals surface area contributed by atoms with Crippen molar-refractivity contribution in [2.75, 3.05) is 4.90 Å². The Balaban J connectivity index is 1.40. The quantitative estimate of drug-likeness (QED) is 0.210. The summed E-state index contributed by atoms with van der Waals surface area (Å²) in [4.78, 5) is 7.17. The van der Waals surface area contributed by atoms with E-state index in [9.17, 15) is 0 Å². The van der Waals surface area contributed by atoms with Crippen molar-refractivity contribution in [1.29, 1.82) is 0 Å². The van der Waals surface area contributed by atoms with E-state index in [0.29, 0.717) is 0 Å². The summed E-state index contributed by atoms with van der Waals surface area (Å²) in [6.45, 7) is 0. The molecule has 8 rings (SSSR count).